The van der Waals surface area contributed by atoms with Gasteiger partial charge in [0.2, 0.25) is 0 Å². The van der Waals surface area contributed by atoms with E-state index in [-0.39, 0.29) is 11.4 Å². The number of hydrogen-bond acceptors (Lipinski definition) is 3. The van der Waals surface area contributed by atoms with Crippen LogP contribution in [0.5, 0.6) is 0 Å². The Balaban J connectivity index is 1.69. The van der Waals surface area contributed by atoms with Crippen molar-refractivity contribution in [3.05, 3.63) is 53.9 Å². The fourth-order valence-electron chi connectivity index (χ4n) is 3.10. The van der Waals surface area contributed by atoms with Crippen molar-refractivity contribution in [2.45, 2.75) is 25.9 Å². The van der Waals surface area contributed by atoms with Gasteiger partial charge in [-0.3, -0.25) is 4.79 Å². The number of hydrogen-bond donors (Lipinski definition) is 1. The topological polar surface area (TPSA) is 45.2 Å². The lowest BCUT2D eigenvalue weighted by Crippen LogP contribution is -2.34. The van der Waals surface area contributed by atoms with Gasteiger partial charge < -0.3 is 10.2 Å². The number of carbonyl (C=O) groups is 1. The Morgan fingerprint density at radius 1 is 1.27 bits per heavy atom. The highest BCUT2D eigenvalue weighted by Crippen LogP contribution is 2.30. The van der Waals surface area contributed by atoms with E-state index in [0.29, 0.717) is 5.92 Å². The fraction of sp³-hybridized carbons (Fsp3) is 0.368. The van der Waals surface area contributed by atoms with Crippen LogP contribution in [0.4, 0.5) is 24.5 Å². The number of aromatic nitrogens is 1. The molecule has 1 aliphatic heterocycles. The highest BCUT2D eigenvalue weighted by Gasteiger charge is 2.30. The number of benzene rings is 1. The van der Waals surface area contributed by atoms with Gasteiger partial charge in [-0.15, -0.1) is 0 Å². The molecule has 2 heterocycles. The first-order valence-corrected chi connectivity index (χ1v) is 8.52. The van der Waals surface area contributed by atoms with Crippen LogP contribution in [-0.2, 0) is 6.18 Å². The second-order valence-corrected chi connectivity index (χ2v) is 6.63. The van der Waals surface area contributed by atoms with Gasteiger partial charge in [0, 0.05) is 18.8 Å². The van der Waals surface area contributed by atoms with E-state index in [1.165, 1.54) is 18.6 Å². The zero-order valence-corrected chi connectivity index (χ0v) is 14.4. The number of nitrogens with one attached hydrogen (secondary N) is 1. The maximum atomic E-state index is 12.7. The number of halogens is 3. The molecule has 2 aromatic rings. The van der Waals surface area contributed by atoms with Gasteiger partial charge in [0.1, 0.15) is 5.69 Å². The van der Waals surface area contributed by atoms with Crippen LogP contribution < -0.4 is 10.2 Å². The van der Waals surface area contributed by atoms with Gasteiger partial charge in [0.15, 0.2) is 0 Å². The Morgan fingerprint density at radius 2 is 2.08 bits per heavy atom. The predicted molar refractivity (Wildman–Crippen MR) is 94.2 cm³/mol. The molecule has 3 rings (SSSR count). The first kappa shape index (κ1) is 18.2. The van der Waals surface area contributed by atoms with Crippen LogP contribution in [-0.4, -0.2) is 24.0 Å². The van der Waals surface area contributed by atoms with Crippen LogP contribution in [0.2, 0.25) is 0 Å². The molecule has 1 aromatic heterocycles. The number of amides is 1. The molecule has 0 radical (unpaired) electrons. The smallest absolute Gasteiger partial charge is 0.370 e. The van der Waals surface area contributed by atoms with Crippen molar-refractivity contribution < 1.29 is 18.0 Å². The molecule has 1 N–H and O–H groups in total. The molecular formula is C19H20F3N3O. The second kappa shape index (κ2) is 7.35. The Bertz CT molecular complexity index is 774. The van der Waals surface area contributed by atoms with E-state index < -0.39 is 17.6 Å². The Kier molecular flexibility index (Phi) is 5.15. The first-order valence-electron chi connectivity index (χ1n) is 8.52. The average molecular weight is 363 g/mol. The summed E-state index contributed by atoms with van der Waals surface area (Å²) in [6.45, 7) is 4.12. The molecule has 1 amide bonds. The van der Waals surface area contributed by atoms with E-state index in [1.54, 1.807) is 12.3 Å². The van der Waals surface area contributed by atoms with Crippen molar-refractivity contribution in [3.8, 4) is 0 Å². The molecule has 138 valence electrons. The molecule has 4 nitrogen and oxygen atoms in total. The molecule has 0 bridgehead atoms. The van der Waals surface area contributed by atoms with E-state index in [2.05, 4.69) is 22.1 Å². The van der Waals surface area contributed by atoms with E-state index in [1.807, 2.05) is 6.07 Å². The molecule has 0 aliphatic carbocycles. The lowest BCUT2D eigenvalue weighted by molar-refractivity contribution is -0.137. The number of pyridine rings is 1. The molecule has 1 fully saturated rings. The minimum Gasteiger partial charge on any atom is -0.370 e. The van der Waals surface area contributed by atoms with Crippen molar-refractivity contribution in [3.63, 3.8) is 0 Å². The number of alkyl halides is 3. The maximum Gasteiger partial charge on any atom is 0.416 e. The normalized spacial score (nSPS) is 17.8. The van der Waals surface area contributed by atoms with Gasteiger partial charge in [-0.25, -0.2) is 4.98 Å². The van der Waals surface area contributed by atoms with Crippen LogP contribution in [0.1, 0.15) is 35.8 Å². The summed E-state index contributed by atoms with van der Waals surface area (Å²) in [5, 5.41) is 2.46. The molecule has 1 unspecified atom stereocenters. The average Bonchev–Trinajstić information content (AvgIpc) is 2.61. The van der Waals surface area contributed by atoms with E-state index in [4.69, 9.17) is 0 Å². The summed E-state index contributed by atoms with van der Waals surface area (Å²) in [6, 6.07) is 7.95. The molecule has 26 heavy (non-hydrogen) atoms. The number of piperidine rings is 1. The molecule has 7 heteroatoms. The van der Waals surface area contributed by atoms with E-state index in [9.17, 15) is 18.0 Å². The third-order valence-corrected chi connectivity index (χ3v) is 4.45. The molecule has 1 aliphatic rings. The van der Waals surface area contributed by atoms with Crippen LogP contribution in [0.15, 0.2) is 42.6 Å². The minimum atomic E-state index is -4.45. The molecule has 1 aromatic carbocycles. The Labute approximate surface area is 150 Å². The molecule has 0 spiro atoms. The monoisotopic (exact) mass is 363 g/mol. The molecule has 1 atom stereocenters. The zero-order valence-electron chi connectivity index (χ0n) is 14.4. The molecular weight excluding hydrogens is 343 g/mol. The van der Waals surface area contributed by atoms with Gasteiger partial charge in [0.25, 0.3) is 5.91 Å². The number of anilines is 2. The minimum absolute atomic E-state index is 0.0838. The maximum absolute atomic E-state index is 12.7. The fourth-order valence-corrected chi connectivity index (χ4v) is 3.10. The van der Waals surface area contributed by atoms with E-state index in [0.717, 1.165) is 37.3 Å². The standard InChI is InChI=1S/C19H20F3N3O/c1-13-4-3-9-25(12-13)16-7-8-17(23-11-16)18(26)24-15-6-2-5-14(10-15)19(20,21)22/h2,5-8,10-11,13H,3-4,9,12H2,1H3,(H,24,26). The van der Waals surface area contributed by atoms with Crippen LogP contribution in [0.25, 0.3) is 0 Å². The Hall–Kier alpha value is -2.57. The summed E-state index contributed by atoms with van der Waals surface area (Å²) >= 11 is 0. The second-order valence-electron chi connectivity index (χ2n) is 6.63. The SMILES string of the molecule is CC1CCCN(c2ccc(C(=O)Nc3cccc(C(F)(F)F)c3)nc2)C1. The zero-order chi connectivity index (χ0) is 18.7. The molecule has 1 saturated heterocycles. The number of rotatable bonds is 3. The largest absolute Gasteiger partial charge is 0.416 e. The lowest BCUT2D eigenvalue weighted by atomic mass is 10.00. The summed E-state index contributed by atoms with van der Waals surface area (Å²) in [5.74, 6) is 0.0792. The highest BCUT2D eigenvalue weighted by molar-refractivity contribution is 6.03. The van der Waals surface area contributed by atoms with Crippen molar-refractivity contribution in [2.24, 2.45) is 5.92 Å². The van der Waals surface area contributed by atoms with Gasteiger partial charge in [0.05, 0.1) is 17.4 Å². The summed E-state index contributed by atoms with van der Waals surface area (Å²) in [5.41, 5.74) is 0.391. The number of carbonyl (C=O) groups excluding carboxylic acids is 1. The van der Waals surface area contributed by atoms with Gasteiger partial charge in [-0.1, -0.05) is 13.0 Å². The summed E-state index contributed by atoms with van der Waals surface area (Å²) in [6.07, 6.45) is -0.480. The van der Waals surface area contributed by atoms with Gasteiger partial charge in [-0.05, 0) is 49.1 Å². The number of nitrogens with zero attached hydrogens (tertiary/aromatic N) is 2. The van der Waals surface area contributed by atoms with Crippen LogP contribution in [0, 0.1) is 5.92 Å². The van der Waals surface area contributed by atoms with Crippen molar-refractivity contribution >= 4 is 17.3 Å². The quantitative estimate of drug-likeness (QED) is 0.868. The summed E-state index contributed by atoms with van der Waals surface area (Å²) in [7, 11) is 0. The van der Waals surface area contributed by atoms with Crippen LogP contribution in [0.3, 0.4) is 0 Å². The van der Waals surface area contributed by atoms with Crippen LogP contribution >= 0.6 is 0 Å². The summed E-state index contributed by atoms with van der Waals surface area (Å²) < 4.78 is 38.2. The van der Waals surface area contributed by atoms with Gasteiger partial charge in [-0.2, -0.15) is 13.2 Å². The Morgan fingerprint density at radius 3 is 2.73 bits per heavy atom. The third kappa shape index (κ3) is 4.33. The van der Waals surface area contributed by atoms with Crippen molar-refractivity contribution in [2.75, 3.05) is 23.3 Å². The lowest BCUT2D eigenvalue weighted by Gasteiger charge is -2.32. The van der Waals surface area contributed by atoms with Gasteiger partial charge >= 0.3 is 6.18 Å². The summed E-state index contributed by atoms with van der Waals surface area (Å²) in [4.78, 5) is 18.6. The predicted octanol–water partition coefficient (Wildman–Crippen LogP) is 4.59. The van der Waals surface area contributed by atoms with Crippen molar-refractivity contribution in [1.82, 2.24) is 4.98 Å². The first-order chi connectivity index (χ1) is 12.3. The highest BCUT2D eigenvalue weighted by atomic mass is 19.4. The van der Waals surface area contributed by atoms with Crippen molar-refractivity contribution in [1.29, 1.82) is 0 Å². The third-order valence-electron chi connectivity index (χ3n) is 4.45. The van der Waals surface area contributed by atoms with E-state index >= 15 is 0 Å². The molecule has 0 saturated carbocycles.